The van der Waals surface area contributed by atoms with E-state index in [4.69, 9.17) is 15.3 Å². The van der Waals surface area contributed by atoms with Crippen molar-refractivity contribution in [2.75, 3.05) is 25.2 Å². The second-order valence-electron chi connectivity index (χ2n) is 4.27. The molecule has 0 atom stereocenters. The molecule has 0 bridgehead atoms. The zero-order chi connectivity index (χ0) is 17.1. The first-order chi connectivity index (χ1) is 11.0. The summed E-state index contributed by atoms with van der Waals surface area (Å²) in [5, 5.41) is 20.7. The zero-order valence-electron chi connectivity index (χ0n) is 12.6. The molecule has 0 radical (unpaired) electrons. The highest BCUT2D eigenvalue weighted by atomic mass is 32.2. The lowest BCUT2D eigenvalue weighted by Crippen LogP contribution is -2.25. The number of rotatable bonds is 9. The molecule has 0 saturated heterocycles. The zero-order valence-corrected chi connectivity index (χ0v) is 13.4. The van der Waals surface area contributed by atoms with Crippen molar-refractivity contribution in [2.24, 2.45) is 5.10 Å². The fraction of sp³-hybridized carbons (Fsp3) is 0.357. The lowest BCUT2D eigenvalue weighted by molar-refractivity contribution is 0.146. The van der Waals surface area contributed by atoms with E-state index in [-0.39, 0.29) is 10.6 Å². The van der Waals surface area contributed by atoms with Gasteiger partial charge in [0.15, 0.2) is 0 Å². The van der Waals surface area contributed by atoms with Crippen LogP contribution in [0.2, 0.25) is 0 Å². The highest BCUT2D eigenvalue weighted by molar-refractivity contribution is 7.89. The van der Waals surface area contributed by atoms with Gasteiger partial charge in [0, 0.05) is 19.8 Å². The maximum absolute atomic E-state index is 12.0. The van der Waals surface area contributed by atoms with Crippen LogP contribution in [0.1, 0.15) is 13.3 Å². The predicted octanol–water partition coefficient (Wildman–Crippen LogP) is 1.21. The Morgan fingerprint density at radius 3 is 2.48 bits per heavy atom. The summed E-state index contributed by atoms with van der Waals surface area (Å²) in [4.78, 5) is 0.115. The van der Waals surface area contributed by atoms with Crippen LogP contribution >= 0.6 is 0 Å². The van der Waals surface area contributed by atoms with Crippen LogP contribution < -0.4 is 10.1 Å². The van der Waals surface area contributed by atoms with Crippen LogP contribution in [0.4, 0.5) is 5.69 Å². The number of hydrogen-bond acceptors (Lipinski definition) is 7. The minimum absolute atomic E-state index is 0.115. The van der Waals surface area contributed by atoms with Crippen molar-refractivity contribution in [2.45, 2.75) is 18.2 Å². The molecule has 0 aliphatic rings. The minimum Gasteiger partial charge on any atom is -0.382 e. The largest absolute Gasteiger partial charge is 0.382 e. The predicted molar refractivity (Wildman–Crippen MR) is 85.0 cm³/mol. The number of benzene rings is 1. The first-order valence-corrected chi connectivity index (χ1v) is 8.33. The van der Waals surface area contributed by atoms with Gasteiger partial charge < -0.3 is 4.74 Å². The Kier molecular flexibility index (Phi) is 7.71. The van der Waals surface area contributed by atoms with E-state index in [0.717, 1.165) is 0 Å². The third-order valence-corrected chi connectivity index (χ3v) is 4.11. The number of ether oxygens (including phenoxy) is 1. The summed E-state index contributed by atoms with van der Waals surface area (Å²) in [5.41, 5.74) is 2.64. The molecule has 23 heavy (non-hydrogen) atoms. The summed E-state index contributed by atoms with van der Waals surface area (Å²) >= 11 is 0. The van der Waals surface area contributed by atoms with Crippen LogP contribution in [-0.4, -0.2) is 33.9 Å². The van der Waals surface area contributed by atoms with E-state index in [1.165, 1.54) is 24.3 Å². The van der Waals surface area contributed by atoms with E-state index in [0.29, 0.717) is 31.9 Å². The van der Waals surface area contributed by atoms with E-state index < -0.39 is 10.0 Å². The number of nitrogens with zero attached hydrogens (tertiary/aromatic N) is 3. The molecule has 2 N–H and O–H groups in total. The van der Waals surface area contributed by atoms with Crippen molar-refractivity contribution >= 4 is 21.4 Å². The Morgan fingerprint density at radius 1 is 1.26 bits per heavy atom. The van der Waals surface area contributed by atoms with Gasteiger partial charge in [-0.05, 0) is 37.6 Å². The summed E-state index contributed by atoms with van der Waals surface area (Å²) in [6.07, 6.45) is 0.590. The number of nitriles is 2. The van der Waals surface area contributed by atoms with Crippen molar-refractivity contribution in [3.63, 3.8) is 0 Å². The number of hydrogen-bond donors (Lipinski definition) is 2. The molecule has 9 heteroatoms. The maximum atomic E-state index is 12.0. The smallest absolute Gasteiger partial charge is 0.240 e. The van der Waals surface area contributed by atoms with Crippen LogP contribution in [0.3, 0.4) is 0 Å². The highest BCUT2D eigenvalue weighted by Crippen LogP contribution is 2.14. The topological polar surface area (TPSA) is 127 Å². The van der Waals surface area contributed by atoms with Gasteiger partial charge in [-0.15, -0.1) is 0 Å². The van der Waals surface area contributed by atoms with Gasteiger partial charge in [0.2, 0.25) is 15.7 Å². The van der Waals surface area contributed by atoms with Gasteiger partial charge in [-0.3, -0.25) is 5.43 Å². The molecule has 8 nitrogen and oxygen atoms in total. The first kappa shape index (κ1) is 18.6. The monoisotopic (exact) mass is 335 g/mol. The summed E-state index contributed by atoms with van der Waals surface area (Å²) in [7, 11) is -3.58. The number of hydrazone groups is 1. The number of sulfonamides is 1. The summed E-state index contributed by atoms with van der Waals surface area (Å²) in [6, 6.07) is 9.00. The molecule has 122 valence electrons. The van der Waals surface area contributed by atoms with Gasteiger partial charge >= 0.3 is 0 Å². The van der Waals surface area contributed by atoms with Crippen molar-refractivity contribution < 1.29 is 13.2 Å². The second-order valence-corrected chi connectivity index (χ2v) is 6.04. The van der Waals surface area contributed by atoms with Crippen molar-refractivity contribution in [1.82, 2.24) is 4.72 Å². The van der Waals surface area contributed by atoms with Gasteiger partial charge in [0.1, 0.15) is 12.1 Å². The molecule has 1 aromatic carbocycles. The third kappa shape index (κ3) is 6.45. The van der Waals surface area contributed by atoms with Gasteiger partial charge in [-0.2, -0.15) is 15.6 Å². The molecule has 0 unspecified atom stereocenters. The average Bonchev–Trinajstić information content (AvgIpc) is 2.56. The Balaban J connectivity index is 2.63. The minimum atomic E-state index is -3.58. The van der Waals surface area contributed by atoms with Crippen LogP contribution in [0.25, 0.3) is 0 Å². The van der Waals surface area contributed by atoms with Gasteiger partial charge in [-0.1, -0.05) is 0 Å². The lowest BCUT2D eigenvalue weighted by atomic mass is 10.3. The van der Waals surface area contributed by atoms with Crippen molar-refractivity contribution in [3.05, 3.63) is 24.3 Å². The molecule has 0 aromatic heterocycles. The fourth-order valence-corrected chi connectivity index (χ4v) is 2.59. The van der Waals surface area contributed by atoms with E-state index >= 15 is 0 Å². The van der Waals surface area contributed by atoms with Gasteiger partial charge in [0.25, 0.3) is 0 Å². The van der Waals surface area contributed by atoms with Crippen molar-refractivity contribution in [1.29, 1.82) is 10.5 Å². The molecule has 0 aliphatic heterocycles. The van der Waals surface area contributed by atoms with E-state index in [1.54, 1.807) is 12.1 Å². The molecule has 0 spiro atoms. The molecule has 0 amide bonds. The quantitative estimate of drug-likeness (QED) is 0.396. The summed E-state index contributed by atoms with van der Waals surface area (Å²) in [5.74, 6) is 0. The fourth-order valence-electron chi connectivity index (χ4n) is 1.51. The highest BCUT2D eigenvalue weighted by Gasteiger charge is 2.12. The third-order valence-electron chi connectivity index (χ3n) is 2.63. The summed E-state index contributed by atoms with van der Waals surface area (Å²) in [6.45, 7) is 3.27. The molecular formula is C14H17N5O3S. The normalized spacial score (nSPS) is 10.4. The van der Waals surface area contributed by atoms with Crippen LogP contribution in [0, 0.1) is 22.7 Å². The van der Waals surface area contributed by atoms with E-state index in [2.05, 4.69) is 15.2 Å². The molecule has 0 heterocycles. The Labute approximate surface area is 135 Å². The van der Waals surface area contributed by atoms with E-state index in [1.807, 2.05) is 6.92 Å². The molecule has 1 aromatic rings. The Bertz CT molecular complexity index is 698. The lowest BCUT2D eigenvalue weighted by Gasteiger charge is -2.07. The second kappa shape index (κ2) is 9.54. The van der Waals surface area contributed by atoms with Crippen LogP contribution in [0.5, 0.6) is 0 Å². The van der Waals surface area contributed by atoms with Gasteiger partial charge in [-0.25, -0.2) is 13.1 Å². The standard InChI is InChI=1S/C14H17N5O3S/c1-2-22-9-3-8-17-23(20,21)14-6-4-12(5-7-14)18-19-13(10-15)11-16/h4-7,17-18H,2-3,8-9H2,1H3. The molecular weight excluding hydrogens is 318 g/mol. The van der Waals surface area contributed by atoms with Gasteiger partial charge in [0.05, 0.1) is 10.6 Å². The molecule has 0 aliphatic carbocycles. The SMILES string of the molecule is CCOCCCNS(=O)(=O)c1ccc(NN=C(C#N)C#N)cc1. The number of anilines is 1. The first-order valence-electron chi connectivity index (χ1n) is 6.85. The summed E-state index contributed by atoms with van der Waals surface area (Å²) < 4.78 is 31.7. The molecule has 1 rings (SSSR count). The van der Waals surface area contributed by atoms with Crippen molar-refractivity contribution in [3.8, 4) is 12.1 Å². The van der Waals surface area contributed by atoms with E-state index in [9.17, 15) is 8.42 Å². The molecule has 0 saturated carbocycles. The van der Waals surface area contributed by atoms with Crippen LogP contribution in [0.15, 0.2) is 34.3 Å². The molecule has 0 fully saturated rings. The Morgan fingerprint density at radius 2 is 1.91 bits per heavy atom. The number of nitrogens with one attached hydrogen (secondary N) is 2. The Hall–Kier alpha value is -2.46. The average molecular weight is 335 g/mol. The van der Waals surface area contributed by atoms with Crippen LogP contribution in [-0.2, 0) is 14.8 Å². The maximum Gasteiger partial charge on any atom is 0.240 e.